The molecule has 0 aliphatic heterocycles. The van der Waals surface area contributed by atoms with Gasteiger partial charge < -0.3 is 14.4 Å². The molecule has 0 unspecified atom stereocenters. The number of hydrogen-bond donors (Lipinski definition) is 0. The average molecular weight is 877 g/mol. The predicted molar refractivity (Wildman–Crippen MR) is 217 cm³/mol. The van der Waals surface area contributed by atoms with Crippen molar-refractivity contribution in [2.45, 2.75) is 77.9 Å². The Balaban J connectivity index is 0.000000179. The molecule has 4 aromatic carbocycles. The van der Waals surface area contributed by atoms with E-state index in [0.717, 1.165) is 55.9 Å². The fraction of sp³-hybridized carbons (Fsp3) is 0.277. The van der Waals surface area contributed by atoms with Crippen LogP contribution in [0.1, 0.15) is 63.0 Å². The largest absolute Gasteiger partial charge is 0.501 e. The van der Waals surface area contributed by atoms with Gasteiger partial charge in [-0.15, -0.1) is 54.1 Å². The van der Waals surface area contributed by atoms with Crippen molar-refractivity contribution in [2.75, 3.05) is 0 Å². The summed E-state index contributed by atoms with van der Waals surface area (Å²) < 4.78 is 6.33. The van der Waals surface area contributed by atoms with Crippen LogP contribution in [0, 0.1) is 18.1 Å². The van der Waals surface area contributed by atoms with Crippen LogP contribution < -0.4 is 5.19 Å². The Labute approximate surface area is 324 Å². The Morgan fingerprint density at radius 1 is 0.750 bits per heavy atom. The smallest absolute Gasteiger partial charge is 0.121 e. The summed E-state index contributed by atoms with van der Waals surface area (Å²) in [5, 5.41) is 3.76. The maximum atomic E-state index is 6.33. The Morgan fingerprint density at radius 2 is 1.54 bits per heavy atom. The minimum Gasteiger partial charge on any atom is -0.501 e. The van der Waals surface area contributed by atoms with Crippen LogP contribution in [0.2, 0.25) is 19.6 Å². The molecule has 5 heteroatoms. The van der Waals surface area contributed by atoms with Gasteiger partial charge in [0.05, 0.1) is 13.7 Å². The van der Waals surface area contributed by atoms with Crippen LogP contribution in [0.25, 0.3) is 55.6 Å². The maximum Gasteiger partial charge on any atom is 0.121 e. The van der Waals surface area contributed by atoms with Gasteiger partial charge in [-0.1, -0.05) is 142 Å². The second kappa shape index (κ2) is 16.7. The van der Waals surface area contributed by atoms with Gasteiger partial charge in [-0.25, -0.2) is 0 Å². The third kappa shape index (κ3) is 8.55. The van der Waals surface area contributed by atoms with Crippen LogP contribution >= 0.6 is 0 Å². The van der Waals surface area contributed by atoms with E-state index in [4.69, 9.17) is 9.40 Å². The van der Waals surface area contributed by atoms with E-state index in [1.165, 1.54) is 49.7 Å². The third-order valence-corrected chi connectivity index (χ3v) is 12.3. The van der Waals surface area contributed by atoms with Crippen LogP contribution in [0.15, 0.2) is 120 Å². The quantitative estimate of drug-likeness (QED) is 0.118. The van der Waals surface area contributed by atoms with Gasteiger partial charge in [0.1, 0.15) is 5.58 Å². The number of hydrogen-bond acceptors (Lipinski definition) is 3. The first kappa shape index (κ1) is 37.6. The fourth-order valence-corrected chi connectivity index (χ4v) is 9.02. The van der Waals surface area contributed by atoms with Crippen molar-refractivity contribution >= 4 is 35.2 Å². The van der Waals surface area contributed by atoms with Crippen LogP contribution in [0.3, 0.4) is 0 Å². The molecule has 8 rings (SSSR count). The number of nitrogens with zero attached hydrogens (tertiary/aromatic N) is 2. The molecule has 1 radical (unpaired) electrons. The van der Waals surface area contributed by atoms with Crippen molar-refractivity contribution in [3.05, 3.63) is 139 Å². The van der Waals surface area contributed by atoms with E-state index < -0.39 is 8.07 Å². The van der Waals surface area contributed by atoms with Crippen LogP contribution in [-0.4, -0.2) is 18.0 Å². The summed E-state index contributed by atoms with van der Waals surface area (Å²) in [6, 6.07) is 42.2. The van der Waals surface area contributed by atoms with E-state index >= 15 is 0 Å². The molecule has 1 fully saturated rings. The van der Waals surface area contributed by atoms with Crippen LogP contribution in [-0.2, 0) is 26.5 Å². The molecule has 0 atom stereocenters. The third-order valence-electron chi connectivity index (χ3n) is 10.3. The molecule has 3 aromatic heterocycles. The molecule has 0 N–H and O–H groups in total. The van der Waals surface area contributed by atoms with Crippen molar-refractivity contribution < 1.29 is 24.5 Å². The first-order valence-electron chi connectivity index (χ1n) is 18.6. The number of benzene rings is 4. The van der Waals surface area contributed by atoms with Crippen molar-refractivity contribution in [1.29, 1.82) is 0 Å². The summed E-state index contributed by atoms with van der Waals surface area (Å²) in [5.41, 5.74) is 10.9. The monoisotopic (exact) mass is 877 g/mol. The number of pyridine rings is 2. The summed E-state index contributed by atoms with van der Waals surface area (Å²) in [7, 11) is -1.36. The van der Waals surface area contributed by atoms with Gasteiger partial charge in [0.15, 0.2) is 0 Å². The van der Waals surface area contributed by atoms with Gasteiger partial charge in [0.25, 0.3) is 0 Å². The second-order valence-corrected chi connectivity index (χ2v) is 20.4. The molecule has 52 heavy (non-hydrogen) atoms. The average Bonchev–Trinajstić information content (AvgIpc) is 3.54. The molecule has 3 nitrogen and oxygen atoms in total. The molecule has 0 spiro atoms. The van der Waals surface area contributed by atoms with Gasteiger partial charge >= 0.3 is 0 Å². The Bertz CT molecular complexity index is 2230. The van der Waals surface area contributed by atoms with E-state index in [1.807, 2.05) is 30.5 Å². The van der Waals surface area contributed by atoms with E-state index in [0.29, 0.717) is 5.92 Å². The second-order valence-electron chi connectivity index (χ2n) is 15.4. The number of furan rings is 1. The maximum absolute atomic E-state index is 6.33. The van der Waals surface area contributed by atoms with E-state index in [-0.39, 0.29) is 20.1 Å². The molecule has 1 aliphatic rings. The molecular weight excluding hydrogens is 829 g/mol. The normalized spacial score (nSPS) is 13.5. The molecule has 7 aromatic rings. The number of fused-ring (bicyclic) bond motifs is 3. The Hall–Kier alpha value is -4.15. The zero-order valence-electron chi connectivity index (χ0n) is 31.0. The van der Waals surface area contributed by atoms with Crippen molar-refractivity contribution in [2.24, 2.45) is 5.92 Å². The zero-order chi connectivity index (χ0) is 35.4. The van der Waals surface area contributed by atoms with Crippen molar-refractivity contribution in [3.8, 4) is 33.6 Å². The Morgan fingerprint density at radius 3 is 2.27 bits per heavy atom. The first-order chi connectivity index (χ1) is 24.7. The SMILES string of the molecule is CC(C)c1ccnc(-c2[c-]ccc3c2oc2cc(-c4ccccc4)ccc23)c1.C[Si](C)(C)c1cnc(-c2[c-]cccc2)cc1CC1CCCCC1.[Ir]. The van der Waals surface area contributed by atoms with E-state index in [9.17, 15) is 0 Å². The summed E-state index contributed by atoms with van der Waals surface area (Å²) in [6.07, 6.45) is 12.3. The topological polar surface area (TPSA) is 38.9 Å². The molecule has 0 saturated heterocycles. The van der Waals surface area contributed by atoms with Gasteiger partial charge in [0.2, 0.25) is 0 Å². The zero-order valence-corrected chi connectivity index (χ0v) is 34.4. The summed E-state index contributed by atoms with van der Waals surface area (Å²) in [5.74, 6) is 1.32. The molecule has 1 saturated carbocycles. The van der Waals surface area contributed by atoms with Gasteiger partial charge in [-0.2, -0.15) is 0 Å². The Kier molecular flexibility index (Phi) is 12.1. The molecule has 0 bridgehead atoms. The molecule has 0 amide bonds. The number of aromatic nitrogens is 2. The molecule has 3 heterocycles. The standard InChI is InChI=1S/C26H20NO.C21H28NSi.Ir/c1-17(2)19-13-14-27-24(15-19)23-10-6-9-22-21-12-11-20(16-25(21)28-26(22)23)18-7-4-3-5-8-18;1-23(2,3)21-16-22-20(18-12-8-5-9-13-18)15-19(21)14-17-10-6-4-7-11-17;/h3-9,11-17H,1-2H3;5,8-9,12,15-17H,4,6-7,10-11,14H2,1-3H3;/q2*-1;. The van der Waals surface area contributed by atoms with E-state index in [2.05, 4.69) is 136 Å². The van der Waals surface area contributed by atoms with Gasteiger partial charge in [-0.05, 0) is 58.1 Å². The molecule has 1 aliphatic carbocycles. The number of rotatable bonds is 7. The minimum absolute atomic E-state index is 0. The van der Waals surface area contributed by atoms with Crippen LogP contribution in [0.5, 0.6) is 0 Å². The minimum atomic E-state index is -1.36. The van der Waals surface area contributed by atoms with E-state index in [1.54, 1.807) is 10.8 Å². The summed E-state index contributed by atoms with van der Waals surface area (Å²) in [4.78, 5) is 9.36. The summed E-state index contributed by atoms with van der Waals surface area (Å²) >= 11 is 0. The first-order valence-corrected chi connectivity index (χ1v) is 22.1. The fourth-order valence-electron chi connectivity index (χ4n) is 7.43. The molecular formula is C47H48IrN2OSi-2. The van der Waals surface area contributed by atoms with Crippen LogP contribution in [0.4, 0.5) is 0 Å². The van der Waals surface area contributed by atoms with Gasteiger partial charge in [0, 0.05) is 37.9 Å². The van der Waals surface area contributed by atoms with Gasteiger partial charge in [-0.3, -0.25) is 0 Å². The molecule has 267 valence electrons. The summed E-state index contributed by atoms with van der Waals surface area (Å²) in [6.45, 7) is 11.7. The predicted octanol–water partition coefficient (Wildman–Crippen LogP) is 12.5. The van der Waals surface area contributed by atoms with Crippen molar-refractivity contribution in [3.63, 3.8) is 0 Å². The van der Waals surface area contributed by atoms with Crippen molar-refractivity contribution in [1.82, 2.24) is 9.97 Å².